The Morgan fingerprint density at radius 2 is 1.02 bits per heavy atom. The summed E-state index contributed by atoms with van der Waals surface area (Å²) in [6, 6.07) is 52.9. The monoisotopic (exact) mass is 527 g/mol. The molecule has 1 aliphatic rings. The molecule has 1 aliphatic carbocycles. The zero-order chi connectivity index (χ0) is 28.0. The van der Waals surface area contributed by atoms with Crippen LogP contribution in [-0.2, 0) is 5.41 Å². The van der Waals surface area contributed by atoms with Crippen molar-refractivity contribution in [3.05, 3.63) is 162 Å². The van der Waals surface area contributed by atoms with Gasteiger partial charge in [-0.1, -0.05) is 123 Å². The van der Waals surface area contributed by atoms with Gasteiger partial charge in [0.05, 0.1) is 0 Å². The lowest BCUT2D eigenvalue weighted by Gasteiger charge is -2.30. The van der Waals surface area contributed by atoms with Crippen LogP contribution in [0, 0.1) is 6.92 Å². The van der Waals surface area contributed by atoms with Crippen molar-refractivity contribution in [1.29, 1.82) is 0 Å². The SMILES string of the molecule is Cc1cc(-c2ccccc2)ccc1N(c1cccc(-c2ccccc2)c1)c1ccc2c(c1)C(C)(C)c1ccccc1-2. The molecule has 0 heterocycles. The number of benzene rings is 6. The first kappa shape index (κ1) is 25.1. The number of fused-ring (bicyclic) bond motifs is 3. The Morgan fingerprint density at radius 3 is 1.73 bits per heavy atom. The minimum atomic E-state index is -0.0638. The van der Waals surface area contributed by atoms with E-state index in [1.807, 2.05) is 0 Å². The van der Waals surface area contributed by atoms with E-state index in [-0.39, 0.29) is 5.41 Å². The first-order valence-corrected chi connectivity index (χ1v) is 14.4. The van der Waals surface area contributed by atoms with E-state index in [1.165, 1.54) is 61.4 Å². The summed E-state index contributed by atoms with van der Waals surface area (Å²) in [6.45, 7) is 6.92. The van der Waals surface area contributed by atoms with E-state index in [2.05, 4.69) is 171 Å². The summed E-state index contributed by atoms with van der Waals surface area (Å²) in [5.41, 5.74) is 15.0. The predicted octanol–water partition coefficient (Wildman–Crippen LogP) is 11.1. The van der Waals surface area contributed by atoms with Gasteiger partial charge in [-0.3, -0.25) is 0 Å². The molecule has 0 saturated heterocycles. The molecule has 1 heteroatoms. The van der Waals surface area contributed by atoms with Crippen molar-refractivity contribution in [2.24, 2.45) is 0 Å². The second-order valence-corrected chi connectivity index (χ2v) is 11.5. The van der Waals surface area contributed by atoms with Crippen molar-refractivity contribution in [2.45, 2.75) is 26.2 Å². The van der Waals surface area contributed by atoms with E-state index >= 15 is 0 Å². The highest BCUT2D eigenvalue weighted by molar-refractivity contribution is 5.87. The smallest absolute Gasteiger partial charge is 0.0491 e. The Morgan fingerprint density at radius 1 is 0.439 bits per heavy atom. The largest absolute Gasteiger partial charge is 0.310 e. The van der Waals surface area contributed by atoms with Gasteiger partial charge in [-0.05, 0) is 93.4 Å². The van der Waals surface area contributed by atoms with Crippen LogP contribution < -0.4 is 4.90 Å². The van der Waals surface area contributed by atoms with Gasteiger partial charge in [0.15, 0.2) is 0 Å². The van der Waals surface area contributed by atoms with Gasteiger partial charge in [-0.15, -0.1) is 0 Å². The molecule has 0 aliphatic heterocycles. The summed E-state index contributed by atoms with van der Waals surface area (Å²) in [6.07, 6.45) is 0. The molecule has 0 saturated carbocycles. The van der Waals surface area contributed by atoms with Gasteiger partial charge in [0.25, 0.3) is 0 Å². The number of aryl methyl sites for hydroxylation is 1. The van der Waals surface area contributed by atoms with Crippen molar-refractivity contribution >= 4 is 17.1 Å². The molecule has 7 rings (SSSR count). The normalized spacial score (nSPS) is 13.0. The molecule has 198 valence electrons. The van der Waals surface area contributed by atoms with Crippen LogP contribution in [0.3, 0.4) is 0 Å². The average molecular weight is 528 g/mol. The quantitative estimate of drug-likeness (QED) is 0.215. The fraction of sp³-hybridized carbons (Fsp3) is 0.100. The maximum absolute atomic E-state index is 2.43. The van der Waals surface area contributed by atoms with Gasteiger partial charge >= 0.3 is 0 Å². The van der Waals surface area contributed by atoms with Crippen molar-refractivity contribution in [3.8, 4) is 33.4 Å². The molecule has 0 spiro atoms. The van der Waals surface area contributed by atoms with E-state index in [9.17, 15) is 0 Å². The fourth-order valence-electron chi connectivity index (χ4n) is 6.43. The Hall–Kier alpha value is -4.88. The third-order valence-corrected chi connectivity index (χ3v) is 8.58. The van der Waals surface area contributed by atoms with Gasteiger partial charge in [0.1, 0.15) is 0 Å². The van der Waals surface area contributed by atoms with Crippen LogP contribution >= 0.6 is 0 Å². The standard InChI is InChI=1S/C40H33N/c1-28-25-32(30-15-8-5-9-16-30)21-24-39(28)41(33-18-12-17-31(26-33)29-13-6-4-7-14-29)34-22-23-36-35-19-10-11-20-37(35)40(2,3)38(36)27-34/h4-27H,1-3H3. The van der Waals surface area contributed by atoms with Crippen LogP contribution in [0.5, 0.6) is 0 Å². The molecule has 0 aromatic heterocycles. The maximum atomic E-state index is 2.43. The lowest BCUT2D eigenvalue weighted by atomic mass is 9.82. The molecule has 0 bridgehead atoms. The van der Waals surface area contributed by atoms with E-state index < -0.39 is 0 Å². The molecule has 1 nitrogen and oxygen atoms in total. The summed E-state index contributed by atoms with van der Waals surface area (Å²) in [4.78, 5) is 2.43. The van der Waals surface area contributed by atoms with E-state index in [0.717, 1.165) is 5.69 Å². The van der Waals surface area contributed by atoms with Crippen LogP contribution in [0.25, 0.3) is 33.4 Å². The first-order chi connectivity index (χ1) is 20.0. The Labute approximate surface area is 243 Å². The van der Waals surface area contributed by atoms with Crippen LogP contribution in [0.2, 0.25) is 0 Å². The molecule has 41 heavy (non-hydrogen) atoms. The zero-order valence-corrected chi connectivity index (χ0v) is 23.8. The lowest BCUT2D eigenvalue weighted by molar-refractivity contribution is 0.660. The highest BCUT2D eigenvalue weighted by Gasteiger charge is 2.35. The van der Waals surface area contributed by atoms with Gasteiger partial charge < -0.3 is 4.90 Å². The Balaban J connectivity index is 1.40. The van der Waals surface area contributed by atoms with Crippen molar-refractivity contribution in [2.75, 3.05) is 4.90 Å². The number of anilines is 3. The first-order valence-electron chi connectivity index (χ1n) is 14.4. The molecule has 6 aromatic rings. The van der Waals surface area contributed by atoms with Crippen LogP contribution in [0.4, 0.5) is 17.1 Å². The average Bonchev–Trinajstić information content (AvgIpc) is 3.25. The molecule has 0 radical (unpaired) electrons. The topological polar surface area (TPSA) is 3.24 Å². The van der Waals surface area contributed by atoms with Crippen LogP contribution in [-0.4, -0.2) is 0 Å². The number of hydrogen-bond acceptors (Lipinski definition) is 1. The Bertz CT molecular complexity index is 1870. The third kappa shape index (κ3) is 4.35. The summed E-state index contributed by atoms with van der Waals surface area (Å²) < 4.78 is 0. The molecular weight excluding hydrogens is 494 g/mol. The van der Waals surface area contributed by atoms with Gasteiger partial charge in [-0.2, -0.15) is 0 Å². The van der Waals surface area contributed by atoms with Gasteiger partial charge in [-0.25, -0.2) is 0 Å². The van der Waals surface area contributed by atoms with Crippen molar-refractivity contribution < 1.29 is 0 Å². The molecule has 6 aromatic carbocycles. The molecule has 0 unspecified atom stereocenters. The molecule has 0 fully saturated rings. The van der Waals surface area contributed by atoms with Crippen molar-refractivity contribution in [1.82, 2.24) is 0 Å². The summed E-state index contributed by atoms with van der Waals surface area (Å²) in [5.74, 6) is 0. The van der Waals surface area contributed by atoms with Crippen molar-refractivity contribution in [3.63, 3.8) is 0 Å². The number of rotatable bonds is 5. The second-order valence-electron chi connectivity index (χ2n) is 11.5. The van der Waals surface area contributed by atoms with Gasteiger partial charge in [0, 0.05) is 22.5 Å². The third-order valence-electron chi connectivity index (χ3n) is 8.58. The molecular formula is C40H33N. The van der Waals surface area contributed by atoms with Crippen LogP contribution in [0.1, 0.15) is 30.5 Å². The maximum Gasteiger partial charge on any atom is 0.0491 e. The second kappa shape index (κ2) is 9.94. The highest BCUT2D eigenvalue weighted by Crippen LogP contribution is 2.51. The fourth-order valence-corrected chi connectivity index (χ4v) is 6.43. The molecule has 0 atom stereocenters. The molecule has 0 N–H and O–H groups in total. The zero-order valence-electron chi connectivity index (χ0n) is 23.8. The van der Waals surface area contributed by atoms with E-state index in [1.54, 1.807) is 0 Å². The number of nitrogens with zero attached hydrogens (tertiary/aromatic N) is 1. The minimum Gasteiger partial charge on any atom is -0.310 e. The summed E-state index contributed by atoms with van der Waals surface area (Å²) >= 11 is 0. The van der Waals surface area contributed by atoms with Crippen LogP contribution in [0.15, 0.2) is 146 Å². The minimum absolute atomic E-state index is 0.0638. The van der Waals surface area contributed by atoms with Gasteiger partial charge in [0.2, 0.25) is 0 Å². The van der Waals surface area contributed by atoms with E-state index in [0.29, 0.717) is 0 Å². The Kier molecular flexibility index (Phi) is 6.09. The molecule has 0 amide bonds. The lowest BCUT2D eigenvalue weighted by Crippen LogP contribution is -2.17. The summed E-state index contributed by atoms with van der Waals surface area (Å²) in [7, 11) is 0. The number of hydrogen-bond donors (Lipinski definition) is 0. The summed E-state index contributed by atoms with van der Waals surface area (Å²) in [5, 5.41) is 0. The van der Waals surface area contributed by atoms with E-state index in [4.69, 9.17) is 0 Å². The highest BCUT2D eigenvalue weighted by atomic mass is 15.1. The predicted molar refractivity (Wildman–Crippen MR) is 174 cm³/mol.